The van der Waals surface area contributed by atoms with E-state index in [2.05, 4.69) is 0 Å². The molecule has 3 aliphatic rings. The highest BCUT2D eigenvalue weighted by molar-refractivity contribution is 4.96. The van der Waals surface area contributed by atoms with Gasteiger partial charge in [0, 0.05) is 13.5 Å². The smallest absolute Gasteiger partial charge is 0.163 e. The van der Waals surface area contributed by atoms with E-state index in [1.54, 1.807) is 7.11 Å². The molecule has 116 valence electrons. The van der Waals surface area contributed by atoms with Crippen LogP contribution in [0.1, 0.15) is 34.1 Å². The molecule has 0 N–H and O–H groups in total. The summed E-state index contributed by atoms with van der Waals surface area (Å²) in [4.78, 5) is 0. The minimum atomic E-state index is -0.641. The van der Waals surface area contributed by atoms with Gasteiger partial charge in [0.15, 0.2) is 17.9 Å². The molecular formula is C14H24O6. The van der Waals surface area contributed by atoms with Crippen molar-refractivity contribution in [2.24, 2.45) is 0 Å². The maximum Gasteiger partial charge on any atom is 0.163 e. The second-order valence-electron chi connectivity index (χ2n) is 6.51. The molecule has 6 heteroatoms. The first-order valence-electron chi connectivity index (χ1n) is 7.15. The first-order valence-corrected chi connectivity index (χ1v) is 7.15. The molecule has 3 unspecified atom stereocenters. The highest BCUT2D eigenvalue weighted by Gasteiger charge is 2.54. The average molecular weight is 288 g/mol. The van der Waals surface area contributed by atoms with Crippen molar-refractivity contribution in [2.75, 3.05) is 13.7 Å². The highest BCUT2D eigenvalue weighted by atomic mass is 16.8. The van der Waals surface area contributed by atoms with Crippen molar-refractivity contribution in [3.05, 3.63) is 0 Å². The molecule has 0 saturated carbocycles. The van der Waals surface area contributed by atoms with Gasteiger partial charge >= 0.3 is 0 Å². The zero-order valence-electron chi connectivity index (χ0n) is 12.8. The summed E-state index contributed by atoms with van der Waals surface area (Å²) in [6, 6.07) is 0. The number of hydrogen-bond acceptors (Lipinski definition) is 6. The third-order valence-corrected chi connectivity index (χ3v) is 3.94. The summed E-state index contributed by atoms with van der Waals surface area (Å²) in [6.45, 7) is 8.10. The molecule has 3 saturated heterocycles. The largest absolute Gasteiger partial charge is 0.356 e. The number of methoxy groups -OCH3 is 1. The molecule has 3 rings (SSSR count). The van der Waals surface area contributed by atoms with E-state index in [-0.39, 0.29) is 30.7 Å². The third kappa shape index (κ3) is 2.73. The van der Waals surface area contributed by atoms with Crippen LogP contribution in [0.15, 0.2) is 0 Å². The maximum atomic E-state index is 6.05. The number of rotatable bonds is 1. The molecule has 0 spiro atoms. The van der Waals surface area contributed by atoms with Gasteiger partial charge in [0.2, 0.25) is 0 Å². The Morgan fingerprint density at radius 2 is 1.55 bits per heavy atom. The quantitative estimate of drug-likeness (QED) is 0.727. The molecule has 0 radical (unpaired) electrons. The fraction of sp³-hybridized carbons (Fsp3) is 1.00. The summed E-state index contributed by atoms with van der Waals surface area (Å²) >= 11 is 0. The Balaban J connectivity index is 1.86. The van der Waals surface area contributed by atoms with Crippen LogP contribution in [-0.2, 0) is 28.4 Å². The van der Waals surface area contributed by atoms with E-state index in [0.29, 0.717) is 13.0 Å². The molecule has 0 aromatic heterocycles. The van der Waals surface area contributed by atoms with E-state index in [1.165, 1.54) is 0 Å². The number of ether oxygens (including phenoxy) is 6. The van der Waals surface area contributed by atoms with Crippen molar-refractivity contribution in [2.45, 2.75) is 76.4 Å². The zero-order chi connectivity index (χ0) is 14.5. The van der Waals surface area contributed by atoms with Gasteiger partial charge in [0.05, 0.1) is 12.7 Å². The second-order valence-corrected chi connectivity index (χ2v) is 6.51. The Morgan fingerprint density at radius 1 is 0.900 bits per heavy atom. The topological polar surface area (TPSA) is 55.4 Å². The third-order valence-electron chi connectivity index (χ3n) is 3.94. The molecule has 0 aliphatic carbocycles. The van der Waals surface area contributed by atoms with Crippen molar-refractivity contribution in [3.8, 4) is 0 Å². The van der Waals surface area contributed by atoms with Crippen molar-refractivity contribution in [1.29, 1.82) is 0 Å². The van der Waals surface area contributed by atoms with Gasteiger partial charge in [-0.25, -0.2) is 0 Å². The standard InChI is InChI=1S/C14H24O6/c1-13(2)16-7-9-12(19-13)11-8(6-10(15-5)17-9)18-14(3,4)20-11/h8-12H,6-7H2,1-5H3/t8?,9?,10?,11-,12-/m1/s1. The summed E-state index contributed by atoms with van der Waals surface area (Å²) in [5.74, 6) is -1.25. The van der Waals surface area contributed by atoms with Crippen molar-refractivity contribution in [3.63, 3.8) is 0 Å². The van der Waals surface area contributed by atoms with Crippen LogP contribution in [0, 0.1) is 0 Å². The molecule has 0 aromatic carbocycles. The van der Waals surface area contributed by atoms with Gasteiger partial charge in [-0.2, -0.15) is 0 Å². The lowest BCUT2D eigenvalue weighted by molar-refractivity contribution is -0.337. The van der Waals surface area contributed by atoms with Gasteiger partial charge in [-0.15, -0.1) is 0 Å². The first-order chi connectivity index (χ1) is 9.30. The van der Waals surface area contributed by atoms with Crippen molar-refractivity contribution < 1.29 is 28.4 Å². The monoisotopic (exact) mass is 288 g/mol. The lowest BCUT2D eigenvalue weighted by Gasteiger charge is -2.42. The van der Waals surface area contributed by atoms with Crippen LogP contribution < -0.4 is 0 Å². The van der Waals surface area contributed by atoms with E-state index in [4.69, 9.17) is 28.4 Å². The Morgan fingerprint density at radius 3 is 2.25 bits per heavy atom. The minimum absolute atomic E-state index is 0.0983. The van der Waals surface area contributed by atoms with Gasteiger partial charge in [-0.1, -0.05) is 0 Å². The van der Waals surface area contributed by atoms with Crippen LogP contribution >= 0.6 is 0 Å². The predicted molar refractivity (Wildman–Crippen MR) is 69.0 cm³/mol. The van der Waals surface area contributed by atoms with E-state index in [9.17, 15) is 0 Å². The molecule has 3 aliphatic heterocycles. The summed E-state index contributed by atoms with van der Waals surface area (Å²) in [5.41, 5.74) is 0. The predicted octanol–water partition coefficient (Wildman–Crippen LogP) is 1.42. The summed E-state index contributed by atoms with van der Waals surface area (Å²) < 4.78 is 35.1. The van der Waals surface area contributed by atoms with Crippen LogP contribution in [0.25, 0.3) is 0 Å². The fourth-order valence-corrected chi connectivity index (χ4v) is 3.13. The minimum Gasteiger partial charge on any atom is -0.356 e. The number of hydrogen-bond donors (Lipinski definition) is 0. The molecule has 0 amide bonds. The average Bonchev–Trinajstić information content (AvgIpc) is 2.58. The van der Waals surface area contributed by atoms with Crippen LogP contribution in [-0.4, -0.2) is 56.0 Å². The van der Waals surface area contributed by atoms with Crippen LogP contribution in [0.2, 0.25) is 0 Å². The molecule has 3 heterocycles. The molecule has 20 heavy (non-hydrogen) atoms. The van der Waals surface area contributed by atoms with Crippen LogP contribution in [0.4, 0.5) is 0 Å². The van der Waals surface area contributed by atoms with Crippen LogP contribution in [0.5, 0.6) is 0 Å². The summed E-state index contributed by atoms with van der Waals surface area (Å²) in [7, 11) is 1.63. The van der Waals surface area contributed by atoms with E-state index in [1.807, 2.05) is 27.7 Å². The lowest BCUT2D eigenvalue weighted by Crippen LogP contribution is -2.55. The van der Waals surface area contributed by atoms with Gasteiger partial charge in [-0.05, 0) is 27.7 Å². The Labute approximate surface area is 119 Å². The van der Waals surface area contributed by atoms with Gasteiger partial charge in [0.25, 0.3) is 0 Å². The van der Waals surface area contributed by atoms with Crippen LogP contribution in [0.3, 0.4) is 0 Å². The molecule has 6 nitrogen and oxygen atoms in total. The molecular weight excluding hydrogens is 264 g/mol. The van der Waals surface area contributed by atoms with Gasteiger partial charge in [0.1, 0.15) is 18.3 Å². The summed E-state index contributed by atoms with van der Waals surface area (Å²) in [5, 5.41) is 0. The van der Waals surface area contributed by atoms with E-state index >= 15 is 0 Å². The number of fused-ring (bicyclic) bond motifs is 3. The summed E-state index contributed by atoms with van der Waals surface area (Å²) in [6.07, 6.45) is -0.395. The van der Waals surface area contributed by atoms with E-state index in [0.717, 1.165) is 0 Å². The zero-order valence-corrected chi connectivity index (χ0v) is 12.8. The molecule has 0 aromatic rings. The fourth-order valence-electron chi connectivity index (χ4n) is 3.13. The SMILES string of the molecule is COC1CC2OC(C)(C)O[C@H]2[C@@H]2OC(C)(C)OCC2O1. The first kappa shape index (κ1) is 14.7. The van der Waals surface area contributed by atoms with Gasteiger partial charge < -0.3 is 28.4 Å². The molecule has 0 bridgehead atoms. The van der Waals surface area contributed by atoms with Crippen molar-refractivity contribution >= 4 is 0 Å². The Kier molecular flexibility index (Phi) is 3.60. The second kappa shape index (κ2) is 4.90. The molecule has 3 fully saturated rings. The van der Waals surface area contributed by atoms with Gasteiger partial charge in [-0.3, -0.25) is 0 Å². The normalized spacial score (nSPS) is 46.4. The molecule has 5 atom stereocenters. The van der Waals surface area contributed by atoms with E-state index < -0.39 is 11.6 Å². The Bertz CT molecular complexity index is 369. The lowest BCUT2D eigenvalue weighted by atomic mass is 10.0. The Hall–Kier alpha value is -0.240. The van der Waals surface area contributed by atoms with Crippen molar-refractivity contribution in [1.82, 2.24) is 0 Å². The highest BCUT2D eigenvalue weighted by Crippen LogP contribution is 2.40. The maximum absolute atomic E-state index is 6.05.